The summed E-state index contributed by atoms with van der Waals surface area (Å²) in [6, 6.07) is 3.45. The first-order valence-corrected chi connectivity index (χ1v) is 6.25. The van der Waals surface area contributed by atoms with Crippen molar-refractivity contribution in [2.24, 2.45) is 0 Å². The predicted octanol–water partition coefficient (Wildman–Crippen LogP) is 2.51. The van der Waals surface area contributed by atoms with Gasteiger partial charge >= 0.3 is 5.97 Å². The van der Waals surface area contributed by atoms with Gasteiger partial charge in [-0.05, 0) is 37.1 Å². The molecule has 2 aromatic heterocycles. The lowest BCUT2D eigenvalue weighted by Gasteiger charge is -2.25. The molecule has 0 fully saturated rings. The van der Waals surface area contributed by atoms with Crippen molar-refractivity contribution in [3.8, 4) is 0 Å². The van der Waals surface area contributed by atoms with E-state index < -0.39 is 11.5 Å². The second-order valence-corrected chi connectivity index (χ2v) is 4.81. The van der Waals surface area contributed by atoms with Gasteiger partial charge in [-0.15, -0.1) is 6.58 Å². The van der Waals surface area contributed by atoms with E-state index in [4.69, 9.17) is 11.6 Å². The molecule has 7 heteroatoms. The molecular weight excluding hydrogens is 280 g/mol. The zero-order valence-electron chi connectivity index (χ0n) is 10.8. The summed E-state index contributed by atoms with van der Waals surface area (Å²) in [4.78, 5) is 23.7. The highest BCUT2D eigenvalue weighted by Gasteiger charge is 2.32. The standard InChI is InChI=1S/C13H13ClN4O2/c1-3-6-13(2,11(19)20)18-10-9-8(5-4-7-15-9)16-12(14)17-10/h3-5,7H,1,6H2,2H3,(H,19,20)(H,16,17,18)/t13-/m1/s1. The molecule has 1 atom stereocenters. The highest BCUT2D eigenvalue weighted by molar-refractivity contribution is 6.28. The van der Waals surface area contributed by atoms with Gasteiger partial charge in [0.25, 0.3) is 0 Å². The van der Waals surface area contributed by atoms with Gasteiger partial charge in [-0.3, -0.25) is 4.98 Å². The smallest absolute Gasteiger partial charge is 0.329 e. The first-order valence-electron chi connectivity index (χ1n) is 5.87. The predicted molar refractivity (Wildman–Crippen MR) is 76.8 cm³/mol. The molecule has 0 bridgehead atoms. The summed E-state index contributed by atoms with van der Waals surface area (Å²) in [5, 5.41) is 12.3. The fourth-order valence-corrected chi connectivity index (χ4v) is 1.94. The number of aromatic nitrogens is 3. The van der Waals surface area contributed by atoms with Crippen LogP contribution in [-0.4, -0.2) is 31.6 Å². The number of anilines is 1. The molecule has 104 valence electrons. The molecule has 0 aliphatic rings. The number of halogens is 1. The number of carboxylic acid groups (broad SMARTS) is 1. The van der Waals surface area contributed by atoms with Crippen LogP contribution in [0.4, 0.5) is 5.82 Å². The van der Waals surface area contributed by atoms with E-state index in [1.54, 1.807) is 25.3 Å². The molecule has 2 heterocycles. The molecule has 0 radical (unpaired) electrons. The van der Waals surface area contributed by atoms with E-state index in [0.717, 1.165) is 0 Å². The van der Waals surface area contributed by atoms with Crippen LogP contribution >= 0.6 is 11.6 Å². The van der Waals surface area contributed by atoms with Crippen LogP contribution in [0, 0.1) is 0 Å². The molecule has 0 aromatic carbocycles. The van der Waals surface area contributed by atoms with E-state index in [-0.39, 0.29) is 17.5 Å². The summed E-state index contributed by atoms with van der Waals surface area (Å²) in [5.74, 6) is -0.733. The Morgan fingerprint density at radius 3 is 3.00 bits per heavy atom. The van der Waals surface area contributed by atoms with Crippen molar-refractivity contribution in [2.75, 3.05) is 5.32 Å². The fourth-order valence-electron chi connectivity index (χ4n) is 1.77. The molecule has 0 spiro atoms. The van der Waals surface area contributed by atoms with Crippen molar-refractivity contribution in [3.05, 3.63) is 36.3 Å². The average Bonchev–Trinajstić information content (AvgIpc) is 2.38. The minimum Gasteiger partial charge on any atom is -0.480 e. The molecule has 2 N–H and O–H groups in total. The summed E-state index contributed by atoms with van der Waals surface area (Å²) in [7, 11) is 0. The van der Waals surface area contributed by atoms with Gasteiger partial charge in [-0.25, -0.2) is 9.78 Å². The van der Waals surface area contributed by atoms with E-state index >= 15 is 0 Å². The SMILES string of the molecule is C=CC[C@@](C)(Nc1nc(Cl)nc2cccnc12)C(=O)O. The summed E-state index contributed by atoms with van der Waals surface area (Å²) >= 11 is 5.85. The third-order valence-corrected chi connectivity index (χ3v) is 3.02. The molecule has 0 aliphatic heterocycles. The Balaban J connectivity index is 2.52. The summed E-state index contributed by atoms with van der Waals surface area (Å²) in [6.45, 7) is 5.12. The molecule has 6 nitrogen and oxygen atoms in total. The van der Waals surface area contributed by atoms with Crippen LogP contribution in [-0.2, 0) is 4.79 Å². The van der Waals surface area contributed by atoms with E-state index in [1.165, 1.54) is 6.08 Å². The molecular formula is C13H13ClN4O2. The summed E-state index contributed by atoms with van der Waals surface area (Å²) in [6.07, 6.45) is 3.33. The topological polar surface area (TPSA) is 88.0 Å². The molecule has 0 amide bonds. The number of carboxylic acids is 1. The van der Waals surface area contributed by atoms with Crippen LogP contribution in [0.2, 0.25) is 5.28 Å². The second-order valence-electron chi connectivity index (χ2n) is 4.47. The van der Waals surface area contributed by atoms with Gasteiger partial charge in [0.2, 0.25) is 5.28 Å². The van der Waals surface area contributed by atoms with E-state index in [9.17, 15) is 9.90 Å². The van der Waals surface area contributed by atoms with Crippen molar-refractivity contribution in [2.45, 2.75) is 18.9 Å². The van der Waals surface area contributed by atoms with E-state index in [1.807, 2.05) is 0 Å². The normalized spacial score (nSPS) is 13.7. The number of aliphatic carboxylic acids is 1. The quantitative estimate of drug-likeness (QED) is 0.650. The number of hydrogen-bond acceptors (Lipinski definition) is 5. The lowest BCUT2D eigenvalue weighted by molar-refractivity contribution is -0.141. The number of carbonyl (C=O) groups is 1. The Morgan fingerprint density at radius 1 is 1.60 bits per heavy atom. The zero-order valence-corrected chi connectivity index (χ0v) is 11.6. The van der Waals surface area contributed by atoms with Gasteiger partial charge in [0, 0.05) is 6.20 Å². The third kappa shape index (κ3) is 2.70. The maximum absolute atomic E-state index is 11.4. The third-order valence-electron chi connectivity index (χ3n) is 2.85. The number of nitrogens with one attached hydrogen (secondary N) is 1. The molecule has 20 heavy (non-hydrogen) atoms. The van der Waals surface area contributed by atoms with Gasteiger partial charge in [0.05, 0.1) is 5.52 Å². The molecule has 2 rings (SSSR count). The summed E-state index contributed by atoms with van der Waals surface area (Å²) < 4.78 is 0. The highest BCUT2D eigenvalue weighted by Crippen LogP contribution is 2.24. The largest absolute Gasteiger partial charge is 0.480 e. The molecule has 0 saturated heterocycles. The van der Waals surface area contributed by atoms with Crippen molar-refractivity contribution >= 4 is 34.4 Å². The second kappa shape index (κ2) is 5.42. The monoisotopic (exact) mass is 292 g/mol. The van der Waals surface area contributed by atoms with E-state index in [2.05, 4.69) is 26.8 Å². The van der Waals surface area contributed by atoms with Gasteiger partial charge in [0.1, 0.15) is 11.1 Å². The number of nitrogens with zero attached hydrogens (tertiary/aromatic N) is 3. The first-order chi connectivity index (χ1) is 9.46. The maximum Gasteiger partial charge on any atom is 0.329 e. The number of pyridine rings is 1. The van der Waals surface area contributed by atoms with Gasteiger partial charge < -0.3 is 10.4 Å². The molecule has 0 aliphatic carbocycles. The Kier molecular flexibility index (Phi) is 3.85. The first kappa shape index (κ1) is 14.2. The lowest BCUT2D eigenvalue weighted by Crippen LogP contribution is -2.43. The molecule has 2 aromatic rings. The van der Waals surface area contributed by atoms with Gasteiger partial charge in [-0.2, -0.15) is 4.98 Å². The van der Waals surface area contributed by atoms with Gasteiger partial charge in [0.15, 0.2) is 5.82 Å². The zero-order chi connectivity index (χ0) is 14.8. The van der Waals surface area contributed by atoms with Gasteiger partial charge in [-0.1, -0.05) is 6.08 Å². The Labute approximate surface area is 120 Å². The van der Waals surface area contributed by atoms with Crippen LogP contribution in [0.1, 0.15) is 13.3 Å². The Bertz CT molecular complexity index is 676. The van der Waals surface area contributed by atoms with Crippen LogP contribution in [0.15, 0.2) is 31.0 Å². The maximum atomic E-state index is 11.4. The number of rotatable bonds is 5. The van der Waals surface area contributed by atoms with Crippen molar-refractivity contribution < 1.29 is 9.90 Å². The van der Waals surface area contributed by atoms with Crippen LogP contribution < -0.4 is 5.32 Å². The molecule has 0 saturated carbocycles. The lowest BCUT2D eigenvalue weighted by atomic mass is 9.98. The van der Waals surface area contributed by atoms with Crippen LogP contribution in [0.25, 0.3) is 11.0 Å². The molecule has 0 unspecified atom stereocenters. The van der Waals surface area contributed by atoms with Crippen LogP contribution in [0.3, 0.4) is 0 Å². The van der Waals surface area contributed by atoms with Crippen molar-refractivity contribution in [1.29, 1.82) is 0 Å². The van der Waals surface area contributed by atoms with Crippen molar-refractivity contribution in [3.63, 3.8) is 0 Å². The van der Waals surface area contributed by atoms with E-state index in [0.29, 0.717) is 11.0 Å². The number of fused-ring (bicyclic) bond motifs is 1. The number of hydrogen-bond donors (Lipinski definition) is 2. The van der Waals surface area contributed by atoms with Crippen LogP contribution in [0.5, 0.6) is 0 Å². The Morgan fingerprint density at radius 2 is 2.35 bits per heavy atom. The van der Waals surface area contributed by atoms with Crippen molar-refractivity contribution in [1.82, 2.24) is 15.0 Å². The average molecular weight is 293 g/mol. The minimum absolute atomic E-state index is 0.0272. The minimum atomic E-state index is -1.25. The fraction of sp³-hybridized carbons (Fsp3) is 0.231. The highest BCUT2D eigenvalue weighted by atomic mass is 35.5. The summed E-state index contributed by atoms with van der Waals surface area (Å²) in [5.41, 5.74) is -0.237. The Hall–Kier alpha value is -2.21.